The number of hydrogen-bond donors (Lipinski definition) is 1. The van der Waals surface area contributed by atoms with Crippen LogP contribution < -0.4 is 10.2 Å². The van der Waals surface area contributed by atoms with Gasteiger partial charge in [0.15, 0.2) is 0 Å². The molecule has 0 bridgehead atoms. The first-order valence-electron chi connectivity index (χ1n) is 8.33. The molecular weight excluding hydrogens is 244 g/mol. The lowest BCUT2D eigenvalue weighted by Gasteiger charge is -2.19. The molecule has 0 amide bonds. The van der Waals surface area contributed by atoms with E-state index < -0.39 is 0 Å². The molecule has 0 radical (unpaired) electrons. The van der Waals surface area contributed by atoms with E-state index in [1.54, 1.807) is 0 Å². The van der Waals surface area contributed by atoms with Crippen LogP contribution in [0.4, 0.5) is 5.69 Å². The third-order valence-electron chi connectivity index (χ3n) is 4.22. The number of aryl methyl sites for hydroxylation is 1. The van der Waals surface area contributed by atoms with E-state index in [0.717, 1.165) is 12.5 Å². The Bertz CT molecular complexity index is 368. The van der Waals surface area contributed by atoms with Crippen molar-refractivity contribution in [3.8, 4) is 0 Å². The van der Waals surface area contributed by atoms with Crippen LogP contribution in [0.5, 0.6) is 0 Å². The van der Waals surface area contributed by atoms with Gasteiger partial charge in [-0.05, 0) is 56.3 Å². The topological polar surface area (TPSA) is 15.3 Å². The molecule has 0 atom stereocenters. The Morgan fingerprint density at radius 1 is 1.05 bits per heavy atom. The van der Waals surface area contributed by atoms with E-state index in [-0.39, 0.29) is 0 Å². The summed E-state index contributed by atoms with van der Waals surface area (Å²) < 4.78 is 0. The van der Waals surface area contributed by atoms with Gasteiger partial charge in [-0.15, -0.1) is 0 Å². The van der Waals surface area contributed by atoms with Crippen LogP contribution in [-0.4, -0.2) is 26.2 Å². The molecule has 1 N–H and O–H groups in total. The fraction of sp³-hybridized carbons (Fsp3) is 0.667. The summed E-state index contributed by atoms with van der Waals surface area (Å²) in [5, 5.41) is 3.58. The Balaban J connectivity index is 1.53. The summed E-state index contributed by atoms with van der Waals surface area (Å²) in [4.78, 5) is 2.38. The Morgan fingerprint density at radius 3 is 2.40 bits per heavy atom. The van der Waals surface area contributed by atoms with Crippen LogP contribution in [0.25, 0.3) is 0 Å². The second-order valence-corrected chi connectivity index (χ2v) is 6.08. The minimum atomic E-state index is 0.868. The molecule has 0 saturated heterocycles. The number of hydrogen-bond acceptors (Lipinski definition) is 2. The molecule has 1 aromatic rings. The molecule has 0 aromatic heterocycles. The Kier molecular flexibility index (Phi) is 6.38. The van der Waals surface area contributed by atoms with Crippen molar-refractivity contribution in [1.29, 1.82) is 0 Å². The molecular formula is C18H30N2. The average Bonchev–Trinajstić information content (AvgIpc) is 3.30. The minimum absolute atomic E-state index is 0.868. The van der Waals surface area contributed by atoms with Gasteiger partial charge in [0, 0.05) is 25.3 Å². The number of anilines is 1. The second-order valence-electron chi connectivity index (χ2n) is 6.08. The average molecular weight is 274 g/mol. The molecule has 0 spiro atoms. The largest absolute Gasteiger partial charge is 0.375 e. The van der Waals surface area contributed by atoms with E-state index in [4.69, 9.17) is 0 Å². The third-order valence-corrected chi connectivity index (χ3v) is 4.22. The van der Waals surface area contributed by atoms with Crippen molar-refractivity contribution < 1.29 is 0 Å². The van der Waals surface area contributed by atoms with E-state index in [0.29, 0.717) is 0 Å². The Hall–Kier alpha value is -1.02. The summed E-state index contributed by atoms with van der Waals surface area (Å²) in [6.45, 7) is 4.59. The van der Waals surface area contributed by atoms with Gasteiger partial charge in [-0.3, -0.25) is 0 Å². The van der Waals surface area contributed by atoms with Gasteiger partial charge in [-0.1, -0.05) is 31.9 Å². The van der Waals surface area contributed by atoms with Crippen LogP contribution in [0.2, 0.25) is 0 Å². The normalized spacial score (nSPS) is 14.5. The van der Waals surface area contributed by atoms with Crippen LogP contribution in [0.1, 0.15) is 51.0 Å². The molecule has 0 heterocycles. The zero-order chi connectivity index (χ0) is 14.2. The zero-order valence-corrected chi connectivity index (χ0v) is 13.2. The maximum atomic E-state index is 3.58. The molecule has 2 nitrogen and oxygen atoms in total. The van der Waals surface area contributed by atoms with Crippen molar-refractivity contribution in [3.63, 3.8) is 0 Å². The number of unbranched alkanes of at least 4 members (excludes halogenated alkanes) is 3. The Morgan fingerprint density at radius 2 is 1.75 bits per heavy atom. The lowest BCUT2D eigenvalue weighted by Crippen LogP contribution is -2.19. The van der Waals surface area contributed by atoms with Gasteiger partial charge in [-0.2, -0.15) is 0 Å². The maximum absolute atomic E-state index is 3.58. The number of benzene rings is 1. The van der Waals surface area contributed by atoms with Gasteiger partial charge in [-0.25, -0.2) is 0 Å². The molecule has 0 aliphatic heterocycles. The highest BCUT2D eigenvalue weighted by atomic mass is 15.1. The third kappa shape index (κ3) is 5.54. The van der Waals surface area contributed by atoms with Gasteiger partial charge in [0.2, 0.25) is 0 Å². The van der Waals surface area contributed by atoms with E-state index in [1.807, 2.05) is 0 Å². The van der Waals surface area contributed by atoms with E-state index in [9.17, 15) is 0 Å². The summed E-state index contributed by atoms with van der Waals surface area (Å²) in [7, 11) is 2.20. The standard InChI is InChI=1S/C18H30N2/c1-3-16-8-12-18(13-9-16)20(2)15-7-5-4-6-14-19-17-10-11-17/h8-9,12-13,17,19H,3-7,10-11,14-15H2,1-2H3. The van der Waals surface area contributed by atoms with Gasteiger partial charge in [0.1, 0.15) is 0 Å². The summed E-state index contributed by atoms with van der Waals surface area (Å²) in [5.41, 5.74) is 2.77. The summed E-state index contributed by atoms with van der Waals surface area (Å²) in [6.07, 6.45) is 9.29. The van der Waals surface area contributed by atoms with E-state index in [1.165, 1.54) is 62.9 Å². The highest BCUT2D eigenvalue weighted by Crippen LogP contribution is 2.18. The van der Waals surface area contributed by atoms with Crippen molar-refractivity contribution in [2.24, 2.45) is 0 Å². The fourth-order valence-corrected chi connectivity index (χ4v) is 2.54. The van der Waals surface area contributed by atoms with Crippen LogP contribution in [-0.2, 0) is 6.42 Å². The van der Waals surface area contributed by atoms with Crippen LogP contribution in [0.3, 0.4) is 0 Å². The summed E-state index contributed by atoms with van der Waals surface area (Å²) >= 11 is 0. The zero-order valence-electron chi connectivity index (χ0n) is 13.2. The molecule has 1 aliphatic rings. The second kappa shape index (κ2) is 8.31. The van der Waals surface area contributed by atoms with Gasteiger partial charge in [0.05, 0.1) is 0 Å². The molecule has 20 heavy (non-hydrogen) atoms. The molecule has 2 heteroatoms. The predicted octanol–water partition coefficient (Wildman–Crippen LogP) is 4.00. The first kappa shape index (κ1) is 15.4. The first-order chi connectivity index (χ1) is 9.79. The summed E-state index contributed by atoms with van der Waals surface area (Å²) in [5.74, 6) is 0. The summed E-state index contributed by atoms with van der Waals surface area (Å²) in [6, 6.07) is 9.86. The first-order valence-corrected chi connectivity index (χ1v) is 8.33. The van der Waals surface area contributed by atoms with Gasteiger partial charge in [0.25, 0.3) is 0 Å². The van der Waals surface area contributed by atoms with Crippen LogP contribution >= 0.6 is 0 Å². The molecule has 1 aromatic carbocycles. The fourth-order valence-electron chi connectivity index (χ4n) is 2.54. The molecule has 0 unspecified atom stereocenters. The SMILES string of the molecule is CCc1ccc(N(C)CCCCCCNC2CC2)cc1. The van der Waals surface area contributed by atoms with Crippen molar-refractivity contribution in [2.45, 2.75) is 57.9 Å². The number of rotatable bonds is 10. The van der Waals surface area contributed by atoms with E-state index in [2.05, 4.69) is 48.5 Å². The highest BCUT2D eigenvalue weighted by Gasteiger charge is 2.19. The number of nitrogens with one attached hydrogen (secondary N) is 1. The van der Waals surface area contributed by atoms with Crippen molar-refractivity contribution >= 4 is 5.69 Å². The predicted molar refractivity (Wildman–Crippen MR) is 88.6 cm³/mol. The van der Waals surface area contributed by atoms with Crippen LogP contribution in [0, 0.1) is 0 Å². The smallest absolute Gasteiger partial charge is 0.0363 e. The molecule has 112 valence electrons. The molecule has 1 aliphatic carbocycles. The highest BCUT2D eigenvalue weighted by molar-refractivity contribution is 5.46. The van der Waals surface area contributed by atoms with Crippen molar-refractivity contribution in [3.05, 3.63) is 29.8 Å². The van der Waals surface area contributed by atoms with E-state index >= 15 is 0 Å². The molecule has 1 saturated carbocycles. The van der Waals surface area contributed by atoms with Gasteiger partial charge >= 0.3 is 0 Å². The van der Waals surface area contributed by atoms with Gasteiger partial charge < -0.3 is 10.2 Å². The monoisotopic (exact) mass is 274 g/mol. The van der Waals surface area contributed by atoms with Crippen molar-refractivity contribution in [1.82, 2.24) is 5.32 Å². The number of nitrogens with zero attached hydrogens (tertiary/aromatic N) is 1. The lowest BCUT2D eigenvalue weighted by molar-refractivity contribution is 0.585. The quantitative estimate of drug-likeness (QED) is 0.649. The minimum Gasteiger partial charge on any atom is -0.375 e. The molecule has 1 fully saturated rings. The Labute approximate surface area is 124 Å². The lowest BCUT2D eigenvalue weighted by atomic mass is 10.1. The van der Waals surface area contributed by atoms with Crippen molar-refractivity contribution in [2.75, 3.05) is 25.0 Å². The molecule has 2 rings (SSSR count). The maximum Gasteiger partial charge on any atom is 0.0363 e. The van der Waals surface area contributed by atoms with Crippen LogP contribution in [0.15, 0.2) is 24.3 Å².